The molecule has 1 heterocycles. The van der Waals surface area contributed by atoms with Crippen molar-refractivity contribution in [3.8, 4) is 0 Å². The van der Waals surface area contributed by atoms with Crippen LogP contribution in [0.3, 0.4) is 0 Å². The van der Waals surface area contributed by atoms with Gasteiger partial charge in [-0.3, -0.25) is 9.59 Å². The minimum atomic E-state index is -0.602. The van der Waals surface area contributed by atoms with Crippen molar-refractivity contribution in [2.45, 2.75) is 46.0 Å². The first-order valence-corrected chi connectivity index (χ1v) is 10.9. The maximum absolute atomic E-state index is 13.9. The molecule has 1 saturated carbocycles. The Kier molecular flexibility index (Phi) is 7.20. The van der Waals surface area contributed by atoms with Gasteiger partial charge in [-0.1, -0.05) is 31.4 Å². The zero-order valence-electron chi connectivity index (χ0n) is 17.0. The molecule has 0 saturated heterocycles. The van der Waals surface area contributed by atoms with Crippen molar-refractivity contribution < 1.29 is 23.5 Å². The molecule has 6 nitrogen and oxygen atoms in total. The summed E-state index contributed by atoms with van der Waals surface area (Å²) in [7, 11) is 0. The van der Waals surface area contributed by atoms with Gasteiger partial charge in [0.2, 0.25) is 5.91 Å². The number of thiophene rings is 1. The molecule has 0 unspecified atom stereocenters. The number of para-hydroxylation sites is 1. The summed E-state index contributed by atoms with van der Waals surface area (Å²) in [5, 5.41) is 5.65. The Bertz CT molecular complexity index is 951. The lowest BCUT2D eigenvalue weighted by atomic mass is 9.89. The van der Waals surface area contributed by atoms with Crippen LogP contribution < -0.4 is 10.6 Å². The molecule has 1 aliphatic rings. The van der Waals surface area contributed by atoms with Crippen LogP contribution in [0.15, 0.2) is 24.3 Å². The first-order chi connectivity index (χ1) is 14.4. The summed E-state index contributed by atoms with van der Waals surface area (Å²) in [6.07, 6.45) is 4.75. The number of ether oxygens (including phenoxy) is 1. The second-order valence-electron chi connectivity index (χ2n) is 7.24. The van der Waals surface area contributed by atoms with E-state index in [-0.39, 0.29) is 34.6 Å². The number of amides is 2. The maximum atomic E-state index is 13.9. The molecule has 1 aromatic heterocycles. The molecule has 3 rings (SSSR count). The van der Waals surface area contributed by atoms with Crippen molar-refractivity contribution in [1.82, 2.24) is 0 Å². The summed E-state index contributed by atoms with van der Waals surface area (Å²) >= 11 is 0.999. The van der Waals surface area contributed by atoms with E-state index in [1.54, 1.807) is 19.9 Å². The maximum Gasteiger partial charge on any atom is 0.341 e. The SMILES string of the molecule is CCOC(=O)c1c(NC(=O)C2CCCCC2)sc(C(=O)Nc2ccccc2F)c1C. The van der Waals surface area contributed by atoms with Crippen LogP contribution >= 0.6 is 11.3 Å². The number of hydrogen-bond donors (Lipinski definition) is 2. The minimum Gasteiger partial charge on any atom is -0.462 e. The van der Waals surface area contributed by atoms with Crippen LogP contribution in [0.4, 0.5) is 15.1 Å². The van der Waals surface area contributed by atoms with Gasteiger partial charge in [0.1, 0.15) is 10.8 Å². The molecule has 8 heteroatoms. The Hall–Kier alpha value is -2.74. The van der Waals surface area contributed by atoms with E-state index in [0.29, 0.717) is 10.6 Å². The first-order valence-electron chi connectivity index (χ1n) is 10.1. The molecule has 1 aromatic carbocycles. The molecular weight excluding hydrogens is 407 g/mol. The van der Waals surface area contributed by atoms with Crippen LogP contribution in [0.25, 0.3) is 0 Å². The quantitative estimate of drug-likeness (QED) is 0.619. The Morgan fingerprint density at radius 1 is 1.13 bits per heavy atom. The highest BCUT2D eigenvalue weighted by atomic mass is 32.1. The number of nitrogens with one attached hydrogen (secondary N) is 2. The van der Waals surface area contributed by atoms with E-state index in [4.69, 9.17) is 4.74 Å². The first kappa shape index (κ1) is 22.0. The number of hydrogen-bond acceptors (Lipinski definition) is 5. The van der Waals surface area contributed by atoms with Crippen LogP contribution in [-0.2, 0) is 9.53 Å². The van der Waals surface area contributed by atoms with E-state index in [1.807, 2.05) is 0 Å². The fraction of sp³-hybridized carbons (Fsp3) is 0.409. The van der Waals surface area contributed by atoms with Gasteiger partial charge in [-0.2, -0.15) is 0 Å². The highest BCUT2D eigenvalue weighted by Crippen LogP contribution is 2.35. The molecule has 1 aliphatic carbocycles. The number of carbonyl (C=O) groups excluding carboxylic acids is 3. The molecule has 0 spiro atoms. The molecule has 0 atom stereocenters. The van der Waals surface area contributed by atoms with E-state index >= 15 is 0 Å². The van der Waals surface area contributed by atoms with Crippen LogP contribution in [0.5, 0.6) is 0 Å². The normalized spacial score (nSPS) is 14.2. The topological polar surface area (TPSA) is 84.5 Å². The summed E-state index contributed by atoms with van der Waals surface area (Å²) in [5.41, 5.74) is 0.608. The van der Waals surface area contributed by atoms with Gasteiger partial charge in [-0.05, 0) is 44.4 Å². The van der Waals surface area contributed by atoms with E-state index in [9.17, 15) is 18.8 Å². The molecule has 2 amide bonds. The van der Waals surface area contributed by atoms with Gasteiger partial charge in [-0.25, -0.2) is 9.18 Å². The largest absolute Gasteiger partial charge is 0.462 e. The fourth-order valence-electron chi connectivity index (χ4n) is 3.59. The fourth-order valence-corrected chi connectivity index (χ4v) is 4.68. The number of esters is 1. The summed E-state index contributed by atoms with van der Waals surface area (Å²) in [4.78, 5) is 38.3. The second-order valence-corrected chi connectivity index (χ2v) is 8.26. The third kappa shape index (κ3) is 4.87. The third-order valence-electron chi connectivity index (χ3n) is 5.17. The van der Waals surface area contributed by atoms with Gasteiger partial charge < -0.3 is 15.4 Å². The molecule has 0 radical (unpaired) electrons. The van der Waals surface area contributed by atoms with Crippen molar-refractivity contribution in [3.63, 3.8) is 0 Å². The van der Waals surface area contributed by atoms with E-state index in [2.05, 4.69) is 10.6 Å². The lowest BCUT2D eigenvalue weighted by Gasteiger charge is -2.20. The molecule has 0 aliphatic heterocycles. The van der Waals surface area contributed by atoms with E-state index in [0.717, 1.165) is 43.4 Å². The number of carbonyl (C=O) groups is 3. The standard InChI is InChI=1S/C22H25FN2O4S/c1-3-29-22(28)17-13(2)18(20(27)24-16-12-8-7-11-15(16)23)30-21(17)25-19(26)14-9-5-4-6-10-14/h7-8,11-12,14H,3-6,9-10H2,1-2H3,(H,24,27)(H,25,26). The van der Waals surface area contributed by atoms with Crippen molar-refractivity contribution in [2.24, 2.45) is 5.92 Å². The zero-order chi connectivity index (χ0) is 21.7. The molecule has 160 valence electrons. The molecule has 1 fully saturated rings. The van der Waals surface area contributed by atoms with Gasteiger partial charge in [0.15, 0.2) is 0 Å². The van der Waals surface area contributed by atoms with Crippen molar-refractivity contribution in [1.29, 1.82) is 0 Å². The van der Waals surface area contributed by atoms with Gasteiger partial charge in [0.05, 0.1) is 22.7 Å². The third-order valence-corrected chi connectivity index (χ3v) is 6.37. The number of halogens is 1. The Labute approximate surface area is 178 Å². The van der Waals surface area contributed by atoms with Crippen LogP contribution in [0, 0.1) is 18.7 Å². The summed E-state index contributed by atoms with van der Waals surface area (Å²) in [6.45, 7) is 3.47. The van der Waals surface area contributed by atoms with Crippen LogP contribution in [0.1, 0.15) is 64.6 Å². The van der Waals surface area contributed by atoms with E-state index < -0.39 is 17.7 Å². The molecule has 2 aromatic rings. The lowest BCUT2D eigenvalue weighted by molar-refractivity contribution is -0.120. The van der Waals surface area contributed by atoms with Crippen LogP contribution in [0.2, 0.25) is 0 Å². The van der Waals surface area contributed by atoms with Gasteiger partial charge >= 0.3 is 5.97 Å². The smallest absolute Gasteiger partial charge is 0.341 e. The van der Waals surface area contributed by atoms with Crippen molar-refractivity contribution in [2.75, 3.05) is 17.2 Å². The summed E-state index contributed by atoms with van der Waals surface area (Å²) in [6, 6.07) is 5.84. The highest BCUT2D eigenvalue weighted by molar-refractivity contribution is 7.19. The molecule has 30 heavy (non-hydrogen) atoms. The Morgan fingerprint density at radius 2 is 1.83 bits per heavy atom. The lowest BCUT2D eigenvalue weighted by Crippen LogP contribution is -2.25. The average molecular weight is 433 g/mol. The second kappa shape index (κ2) is 9.84. The van der Waals surface area contributed by atoms with Gasteiger partial charge in [-0.15, -0.1) is 11.3 Å². The molecule has 2 N–H and O–H groups in total. The van der Waals surface area contributed by atoms with E-state index in [1.165, 1.54) is 18.2 Å². The Morgan fingerprint density at radius 3 is 2.50 bits per heavy atom. The number of benzene rings is 1. The monoisotopic (exact) mass is 432 g/mol. The van der Waals surface area contributed by atoms with Crippen molar-refractivity contribution >= 4 is 39.8 Å². The number of rotatable bonds is 6. The minimum absolute atomic E-state index is 0.0424. The summed E-state index contributed by atoms with van der Waals surface area (Å²) < 4.78 is 19.0. The Balaban J connectivity index is 1.89. The predicted octanol–water partition coefficient (Wildman–Crippen LogP) is 5.14. The van der Waals surface area contributed by atoms with Crippen molar-refractivity contribution in [3.05, 3.63) is 46.1 Å². The predicted molar refractivity (Wildman–Crippen MR) is 115 cm³/mol. The van der Waals surface area contributed by atoms with Gasteiger partial charge in [0.25, 0.3) is 5.91 Å². The van der Waals surface area contributed by atoms with Crippen LogP contribution in [-0.4, -0.2) is 24.4 Å². The highest BCUT2D eigenvalue weighted by Gasteiger charge is 2.29. The average Bonchev–Trinajstić information content (AvgIpc) is 3.06. The number of anilines is 2. The van der Waals surface area contributed by atoms with Gasteiger partial charge in [0, 0.05) is 5.92 Å². The molecular formula is C22H25FN2O4S. The molecule has 0 bridgehead atoms. The zero-order valence-corrected chi connectivity index (χ0v) is 17.9. The summed E-state index contributed by atoms with van der Waals surface area (Å²) in [5.74, 6) is -1.97.